The summed E-state index contributed by atoms with van der Waals surface area (Å²) < 4.78 is 7.45. The maximum atomic E-state index is 12.4. The number of nitrogens with zero attached hydrogens (tertiary/aromatic N) is 3. The number of carbonyl (C=O) groups is 1. The minimum atomic E-state index is -0.207. The minimum Gasteiger partial charge on any atom is -0.488 e. The van der Waals surface area contributed by atoms with Crippen LogP contribution < -0.4 is 10.1 Å². The van der Waals surface area contributed by atoms with E-state index in [2.05, 4.69) is 15.4 Å². The number of carbonyl (C=O) groups excluding carboxylic acids is 1. The fourth-order valence-corrected chi connectivity index (χ4v) is 2.95. The predicted octanol–water partition coefficient (Wildman–Crippen LogP) is 3.44. The van der Waals surface area contributed by atoms with Crippen LogP contribution in [0.15, 0.2) is 42.7 Å². The van der Waals surface area contributed by atoms with Gasteiger partial charge in [0.2, 0.25) is 5.91 Å². The molecule has 3 aromatic rings. The Hall–Kier alpha value is -2.86. The topological polar surface area (TPSA) is 69.0 Å². The first kappa shape index (κ1) is 15.7. The number of nitrogens with one attached hydrogen (secondary N) is 1. The van der Waals surface area contributed by atoms with Crippen LogP contribution in [0.25, 0.3) is 11.3 Å². The molecule has 0 bridgehead atoms. The lowest BCUT2D eigenvalue weighted by molar-refractivity contribution is -0.116. The van der Waals surface area contributed by atoms with E-state index in [9.17, 15) is 4.79 Å². The van der Waals surface area contributed by atoms with E-state index in [1.165, 1.54) is 6.20 Å². The molecule has 1 aliphatic rings. The Bertz CT molecular complexity index is 950. The molecule has 0 fully saturated rings. The zero-order valence-electron chi connectivity index (χ0n) is 13.5. The molecular weight excluding hydrogens is 340 g/mol. The van der Waals surface area contributed by atoms with Gasteiger partial charge in [-0.3, -0.25) is 9.48 Å². The van der Waals surface area contributed by atoms with Gasteiger partial charge in [-0.25, -0.2) is 4.98 Å². The number of aryl methyl sites for hydroxylation is 1. The molecule has 1 aromatic carbocycles. The number of aromatic nitrogens is 3. The lowest BCUT2D eigenvalue weighted by Crippen LogP contribution is -2.21. The molecule has 7 heteroatoms. The van der Waals surface area contributed by atoms with Gasteiger partial charge in [-0.05, 0) is 31.2 Å². The maximum Gasteiger partial charge on any atom is 0.247 e. The molecule has 0 atom stereocenters. The third kappa shape index (κ3) is 3.08. The van der Waals surface area contributed by atoms with Crippen molar-refractivity contribution >= 4 is 23.3 Å². The van der Waals surface area contributed by atoms with Crippen LogP contribution in [0.1, 0.15) is 11.1 Å². The second kappa shape index (κ2) is 6.22. The highest BCUT2D eigenvalue weighted by molar-refractivity contribution is 6.30. The van der Waals surface area contributed by atoms with E-state index in [0.29, 0.717) is 17.4 Å². The fraction of sp³-hybridized carbons (Fsp3) is 0.167. The smallest absolute Gasteiger partial charge is 0.247 e. The van der Waals surface area contributed by atoms with Crippen LogP contribution in [-0.2, 0) is 17.9 Å². The standard InChI is InChI=1S/C18H15ClN4O2/c1-11-2-4-15-14(6-11)18-12(10-25-15)7-21-23(18)9-17(24)22-16-5-3-13(19)8-20-16/h2-8H,9-10H2,1H3,(H,20,22,24). The highest BCUT2D eigenvalue weighted by Crippen LogP contribution is 2.37. The number of hydrogen-bond donors (Lipinski definition) is 1. The number of halogens is 1. The van der Waals surface area contributed by atoms with E-state index >= 15 is 0 Å². The molecule has 0 aliphatic carbocycles. The molecule has 4 rings (SSSR count). The van der Waals surface area contributed by atoms with Crippen LogP contribution in [-0.4, -0.2) is 20.7 Å². The first-order chi connectivity index (χ1) is 12.1. The van der Waals surface area contributed by atoms with Gasteiger partial charge in [0.05, 0.1) is 16.9 Å². The van der Waals surface area contributed by atoms with Crippen molar-refractivity contribution in [1.82, 2.24) is 14.8 Å². The van der Waals surface area contributed by atoms with Gasteiger partial charge in [0.1, 0.15) is 24.7 Å². The van der Waals surface area contributed by atoms with Crippen LogP contribution in [0.5, 0.6) is 5.75 Å². The number of anilines is 1. The molecular formula is C18H15ClN4O2. The first-order valence-corrected chi connectivity index (χ1v) is 8.18. The molecule has 1 aliphatic heterocycles. The van der Waals surface area contributed by atoms with Gasteiger partial charge in [-0.15, -0.1) is 0 Å². The molecule has 0 saturated heterocycles. The van der Waals surface area contributed by atoms with Crippen LogP contribution in [0, 0.1) is 6.92 Å². The van der Waals surface area contributed by atoms with Crippen LogP contribution in [0.3, 0.4) is 0 Å². The molecule has 126 valence electrons. The predicted molar refractivity (Wildman–Crippen MR) is 94.6 cm³/mol. The summed E-state index contributed by atoms with van der Waals surface area (Å²) in [5, 5.41) is 7.62. The summed E-state index contributed by atoms with van der Waals surface area (Å²) in [6.07, 6.45) is 3.23. The summed E-state index contributed by atoms with van der Waals surface area (Å²) in [7, 11) is 0. The van der Waals surface area contributed by atoms with Gasteiger partial charge in [-0.1, -0.05) is 23.2 Å². The number of benzene rings is 1. The molecule has 2 aromatic heterocycles. The van der Waals surface area contributed by atoms with Gasteiger partial charge >= 0.3 is 0 Å². The van der Waals surface area contributed by atoms with Crippen molar-refractivity contribution in [2.75, 3.05) is 5.32 Å². The third-order valence-electron chi connectivity index (χ3n) is 3.98. The number of rotatable bonds is 3. The monoisotopic (exact) mass is 354 g/mol. The van der Waals surface area contributed by atoms with E-state index in [0.717, 1.165) is 28.1 Å². The summed E-state index contributed by atoms with van der Waals surface area (Å²) in [6.45, 7) is 2.56. The van der Waals surface area contributed by atoms with Crippen molar-refractivity contribution in [3.63, 3.8) is 0 Å². The van der Waals surface area contributed by atoms with Gasteiger partial charge in [0.15, 0.2) is 0 Å². The van der Waals surface area contributed by atoms with E-state index in [1.54, 1.807) is 23.0 Å². The Balaban J connectivity index is 1.60. The SMILES string of the molecule is Cc1ccc2c(c1)-c1c(cnn1CC(=O)Nc1ccc(Cl)cn1)CO2. The van der Waals surface area contributed by atoms with Crippen molar-refractivity contribution in [3.8, 4) is 17.0 Å². The maximum absolute atomic E-state index is 12.4. The van der Waals surface area contributed by atoms with Crippen molar-refractivity contribution in [3.05, 3.63) is 58.9 Å². The Morgan fingerprint density at radius 2 is 2.20 bits per heavy atom. The summed E-state index contributed by atoms with van der Waals surface area (Å²) in [4.78, 5) is 16.4. The normalized spacial score (nSPS) is 12.1. The zero-order chi connectivity index (χ0) is 17.4. The minimum absolute atomic E-state index is 0.0903. The molecule has 3 heterocycles. The van der Waals surface area contributed by atoms with Crippen LogP contribution in [0.4, 0.5) is 5.82 Å². The van der Waals surface area contributed by atoms with Crippen LogP contribution >= 0.6 is 11.6 Å². The molecule has 6 nitrogen and oxygen atoms in total. The fourth-order valence-electron chi connectivity index (χ4n) is 2.84. The van der Waals surface area contributed by atoms with Crippen LogP contribution in [0.2, 0.25) is 5.02 Å². The molecule has 1 N–H and O–H groups in total. The highest BCUT2D eigenvalue weighted by Gasteiger charge is 2.23. The summed E-state index contributed by atoms with van der Waals surface area (Å²) in [5.41, 5.74) is 3.97. The van der Waals surface area contributed by atoms with Crippen molar-refractivity contribution in [2.24, 2.45) is 0 Å². The molecule has 0 unspecified atom stereocenters. The molecule has 0 spiro atoms. The van der Waals surface area contributed by atoms with E-state index in [1.807, 2.05) is 25.1 Å². The number of pyridine rings is 1. The van der Waals surface area contributed by atoms with Gasteiger partial charge in [0, 0.05) is 17.3 Å². The van der Waals surface area contributed by atoms with Crippen molar-refractivity contribution < 1.29 is 9.53 Å². The number of hydrogen-bond acceptors (Lipinski definition) is 4. The average Bonchev–Trinajstić information content (AvgIpc) is 3.00. The Morgan fingerprint density at radius 1 is 1.32 bits per heavy atom. The Labute approximate surface area is 149 Å². The average molecular weight is 355 g/mol. The first-order valence-electron chi connectivity index (χ1n) is 7.80. The number of fused-ring (bicyclic) bond motifs is 3. The second-order valence-electron chi connectivity index (χ2n) is 5.87. The molecule has 1 amide bonds. The summed E-state index contributed by atoms with van der Waals surface area (Å²) in [6, 6.07) is 9.33. The van der Waals surface area contributed by atoms with Gasteiger partial charge < -0.3 is 10.1 Å². The highest BCUT2D eigenvalue weighted by atomic mass is 35.5. The molecule has 25 heavy (non-hydrogen) atoms. The van der Waals surface area contributed by atoms with E-state index in [4.69, 9.17) is 16.3 Å². The van der Waals surface area contributed by atoms with Gasteiger partial charge in [0.25, 0.3) is 0 Å². The zero-order valence-corrected chi connectivity index (χ0v) is 14.2. The third-order valence-corrected chi connectivity index (χ3v) is 4.20. The largest absolute Gasteiger partial charge is 0.488 e. The number of amides is 1. The summed E-state index contributed by atoms with van der Waals surface area (Å²) >= 11 is 5.80. The van der Waals surface area contributed by atoms with E-state index < -0.39 is 0 Å². The number of ether oxygens (including phenoxy) is 1. The molecule has 0 radical (unpaired) electrons. The second-order valence-corrected chi connectivity index (χ2v) is 6.31. The Morgan fingerprint density at radius 3 is 3.00 bits per heavy atom. The van der Waals surface area contributed by atoms with E-state index in [-0.39, 0.29) is 12.5 Å². The Kier molecular flexibility index (Phi) is 3.89. The quantitative estimate of drug-likeness (QED) is 0.782. The molecule has 0 saturated carbocycles. The van der Waals surface area contributed by atoms with Crippen molar-refractivity contribution in [1.29, 1.82) is 0 Å². The lowest BCUT2D eigenvalue weighted by atomic mass is 10.0. The summed E-state index contributed by atoms with van der Waals surface area (Å²) in [5.74, 6) is 1.05. The van der Waals surface area contributed by atoms with Gasteiger partial charge in [-0.2, -0.15) is 5.10 Å². The van der Waals surface area contributed by atoms with Crippen molar-refractivity contribution in [2.45, 2.75) is 20.1 Å². The lowest BCUT2D eigenvalue weighted by Gasteiger charge is -2.19.